The Hall–Kier alpha value is -2.73. The second kappa shape index (κ2) is 8.10. The molecule has 3 rings (SSSR count). The summed E-state index contributed by atoms with van der Waals surface area (Å²) in [7, 11) is 1.60. The minimum atomic E-state index is -0.303. The van der Waals surface area contributed by atoms with Crippen LogP contribution >= 0.6 is 11.6 Å². The lowest BCUT2D eigenvalue weighted by atomic mass is 10.1. The highest BCUT2D eigenvalue weighted by atomic mass is 35.5. The molecule has 1 aliphatic rings. The Kier molecular flexibility index (Phi) is 5.63. The van der Waals surface area contributed by atoms with E-state index in [9.17, 15) is 9.59 Å². The average molecular weight is 374 g/mol. The van der Waals surface area contributed by atoms with Gasteiger partial charge in [0.15, 0.2) is 0 Å². The molecule has 26 heavy (non-hydrogen) atoms. The molecule has 0 spiro atoms. The summed E-state index contributed by atoms with van der Waals surface area (Å²) in [6, 6.07) is 13.9. The van der Waals surface area contributed by atoms with Crippen molar-refractivity contribution in [2.24, 2.45) is 5.92 Å². The molecule has 0 radical (unpaired) electrons. The summed E-state index contributed by atoms with van der Waals surface area (Å²) < 4.78 is 5.13. The molecule has 2 N–H and O–H groups in total. The van der Waals surface area contributed by atoms with E-state index >= 15 is 0 Å². The maximum absolute atomic E-state index is 12.3. The van der Waals surface area contributed by atoms with Gasteiger partial charge in [-0.2, -0.15) is 0 Å². The zero-order valence-corrected chi connectivity index (χ0v) is 15.1. The maximum Gasteiger partial charge on any atom is 0.319 e. The second-order valence-electron chi connectivity index (χ2n) is 6.11. The first kappa shape index (κ1) is 18.1. The molecule has 136 valence electrons. The summed E-state index contributed by atoms with van der Waals surface area (Å²) in [5, 5.41) is 6.17. The number of hydrogen-bond acceptors (Lipinski definition) is 3. The van der Waals surface area contributed by atoms with Crippen molar-refractivity contribution in [1.82, 2.24) is 5.32 Å². The number of carbonyl (C=O) groups excluding carboxylic acids is 2. The molecular formula is C19H20ClN3O3. The lowest BCUT2D eigenvalue weighted by Crippen LogP contribution is -2.34. The zero-order chi connectivity index (χ0) is 18.5. The highest BCUT2D eigenvalue weighted by Gasteiger charge is 2.30. The third-order valence-electron chi connectivity index (χ3n) is 4.24. The molecule has 0 bridgehead atoms. The lowest BCUT2D eigenvalue weighted by Gasteiger charge is -2.17. The van der Waals surface area contributed by atoms with E-state index in [1.807, 2.05) is 24.3 Å². The summed E-state index contributed by atoms with van der Waals surface area (Å²) >= 11 is 5.82. The van der Waals surface area contributed by atoms with Crippen molar-refractivity contribution < 1.29 is 14.3 Å². The van der Waals surface area contributed by atoms with Gasteiger partial charge in [-0.3, -0.25) is 4.79 Å². The van der Waals surface area contributed by atoms with Gasteiger partial charge in [0.1, 0.15) is 5.75 Å². The summed E-state index contributed by atoms with van der Waals surface area (Å²) in [5.74, 6) is 0.873. The molecule has 1 aliphatic heterocycles. The van der Waals surface area contributed by atoms with E-state index in [2.05, 4.69) is 10.6 Å². The molecular weight excluding hydrogens is 354 g/mol. The average Bonchev–Trinajstić information content (AvgIpc) is 3.03. The first-order valence-corrected chi connectivity index (χ1v) is 8.68. The predicted octanol–water partition coefficient (Wildman–Crippen LogP) is 3.52. The number of nitrogens with one attached hydrogen (secondary N) is 2. The van der Waals surface area contributed by atoms with Gasteiger partial charge in [-0.1, -0.05) is 11.6 Å². The third kappa shape index (κ3) is 4.46. The third-order valence-corrected chi connectivity index (χ3v) is 4.49. The largest absolute Gasteiger partial charge is 0.497 e. The van der Waals surface area contributed by atoms with Crippen LogP contribution in [0, 0.1) is 5.92 Å². The normalized spacial score (nSPS) is 16.5. The van der Waals surface area contributed by atoms with Crippen molar-refractivity contribution in [2.75, 3.05) is 30.4 Å². The van der Waals surface area contributed by atoms with E-state index < -0.39 is 0 Å². The molecule has 6 nitrogen and oxygen atoms in total. The van der Waals surface area contributed by atoms with Gasteiger partial charge in [0, 0.05) is 41.8 Å². The monoisotopic (exact) mass is 373 g/mol. The highest BCUT2D eigenvalue weighted by molar-refractivity contribution is 6.30. The van der Waals surface area contributed by atoms with E-state index in [1.165, 1.54) is 0 Å². The molecule has 1 atom stereocenters. The van der Waals surface area contributed by atoms with Crippen molar-refractivity contribution >= 4 is 34.9 Å². The van der Waals surface area contributed by atoms with Crippen LogP contribution in [0.4, 0.5) is 16.2 Å². The standard InChI is InChI=1S/C19H20ClN3O3/c1-26-17-8-6-16(7-9-17)23-12-13(10-18(23)24)11-21-19(25)22-15-4-2-14(20)3-5-15/h2-9,13H,10-12H2,1H3,(H2,21,22,25)/t13-/m0/s1. The molecule has 0 unspecified atom stereocenters. The summed E-state index contributed by atoms with van der Waals surface area (Å²) in [6.45, 7) is 1.00. The number of urea groups is 1. The van der Waals surface area contributed by atoms with Crippen LogP contribution in [0.1, 0.15) is 6.42 Å². The van der Waals surface area contributed by atoms with Gasteiger partial charge in [-0.05, 0) is 48.5 Å². The Bertz CT molecular complexity index is 778. The lowest BCUT2D eigenvalue weighted by molar-refractivity contribution is -0.117. The molecule has 1 saturated heterocycles. The number of rotatable bonds is 5. The van der Waals surface area contributed by atoms with Crippen LogP contribution < -0.4 is 20.3 Å². The highest BCUT2D eigenvalue weighted by Crippen LogP contribution is 2.26. The molecule has 1 fully saturated rings. The van der Waals surface area contributed by atoms with E-state index in [4.69, 9.17) is 16.3 Å². The van der Waals surface area contributed by atoms with Gasteiger partial charge in [-0.25, -0.2) is 4.79 Å². The summed E-state index contributed by atoms with van der Waals surface area (Å²) in [5.41, 5.74) is 1.50. The van der Waals surface area contributed by atoms with E-state index in [0.717, 1.165) is 11.4 Å². The van der Waals surface area contributed by atoms with Crippen molar-refractivity contribution in [3.8, 4) is 5.75 Å². The van der Waals surface area contributed by atoms with Crippen LogP contribution in [-0.2, 0) is 4.79 Å². The van der Waals surface area contributed by atoms with Gasteiger partial charge in [-0.15, -0.1) is 0 Å². The number of anilines is 2. The molecule has 3 amide bonds. The van der Waals surface area contributed by atoms with Gasteiger partial charge in [0.05, 0.1) is 7.11 Å². The van der Waals surface area contributed by atoms with Crippen molar-refractivity contribution in [3.05, 3.63) is 53.6 Å². The maximum atomic E-state index is 12.3. The number of ether oxygens (including phenoxy) is 1. The van der Waals surface area contributed by atoms with Crippen LogP contribution in [-0.4, -0.2) is 32.1 Å². The predicted molar refractivity (Wildman–Crippen MR) is 102 cm³/mol. The Balaban J connectivity index is 1.50. The Morgan fingerprint density at radius 1 is 1.19 bits per heavy atom. The Labute approximate surface area is 157 Å². The minimum Gasteiger partial charge on any atom is -0.497 e. The summed E-state index contributed by atoms with van der Waals surface area (Å²) in [6.07, 6.45) is 0.410. The van der Waals surface area contributed by atoms with Crippen molar-refractivity contribution in [2.45, 2.75) is 6.42 Å². The number of halogens is 1. The van der Waals surface area contributed by atoms with Crippen LogP contribution in [0.25, 0.3) is 0 Å². The molecule has 2 aromatic carbocycles. The number of methoxy groups -OCH3 is 1. The van der Waals surface area contributed by atoms with Gasteiger partial charge in [0.2, 0.25) is 5.91 Å². The first-order valence-electron chi connectivity index (χ1n) is 8.30. The van der Waals surface area contributed by atoms with Crippen LogP contribution in [0.2, 0.25) is 5.02 Å². The topological polar surface area (TPSA) is 70.7 Å². The van der Waals surface area contributed by atoms with E-state index in [1.54, 1.807) is 36.3 Å². The van der Waals surface area contributed by atoms with E-state index in [0.29, 0.717) is 30.2 Å². The molecule has 7 heteroatoms. The number of nitrogens with zero attached hydrogens (tertiary/aromatic N) is 1. The zero-order valence-electron chi connectivity index (χ0n) is 14.4. The van der Waals surface area contributed by atoms with Gasteiger partial charge >= 0.3 is 6.03 Å². The van der Waals surface area contributed by atoms with Crippen molar-refractivity contribution in [3.63, 3.8) is 0 Å². The molecule has 0 saturated carbocycles. The molecule has 0 aliphatic carbocycles. The van der Waals surface area contributed by atoms with Crippen LogP contribution in [0.5, 0.6) is 5.75 Å². The SMILES string of the molecule is COc1ccc(N2C[C@H](CNC(=O)Nc3ccc(Cl)cc3)CC2=O)cc1. The van der Waals surface area contributed by atoms with Crippen LogP contribution in [0.3, 0.4) is 0 Å². The fraction of sp³-hybridized carbons (Fsp3) is 0.263. The first-order chi connectivity index (χ1) is 12.5. The van der Waals surface area contributed by atoms with E-state index in [-0.39, 0.29) is 17.9 Å². The smallest absolute Gasteiger partial charge is 0.319 e. The fourth-order valence-corrected chi connectivity index (χ4v) is 3.00. The molecule has 0 aromatic heterocycles. The number of amides is 3. The number of benzene rings is 2. The van der Waals surface area contributed by atoms with Crippen molar-refractivity contribution in [1.29, 1.82) is 0 Å². The minimum absolute atomic E-state index is 0.0556. The molecule has 2 aromatic rings. The Morgan fingerprint density at radius 2 is 1.88 bits per heavy atom. The van der Waals surface area contributed by atoms with Crippen LogP contribution in [0.15, 0.2) is 48.5 Å². The molecule has 1 heterocycles. The second-order valence-corrected chi connectivity index (χ2v) is 6.55. The van der Waals surface area contributed by atoms with Gasteiger partial charge in [0.25, 0.3) is 0 Å². The fourth-order valence-electron chi connectivity index (χ4n) is 2.88. The van der Waals surface area contributed by atoms with Gasteiger partial charge < -0.3 is 20.3 Å². The Morgan fingerprint density at radius 3 is 2.54 bits per heavy atom. The number of hydrogen-bond donors (Lipinski definition) is 2. The summed E-state index contributed by atoms with van der Waals surface area (Å²) in [4.78, 5) is 26.0. The quantitative estimate of drug-likeness (QED) is 0.842. The number of carbonyl (C=O) groups is 2.